The molecule has 0 aliphatic heterocycles. The number of carbonyl (C=O) groups excluding carboxylic acids is 4. The number of benzene rings is 1. The Hall–Kier alpha value is -3.62. The van der Waals surface area contributed by atoms with Crippen molar-refractivity contribution in [1.82, 2.24) is 25.5 Å². The van der Waals surface area contributed by atoms with Crippen LogP contribution in [0, 0.1) is 5.41 Å². The monoisotopic (exact) mass is 694 g/mol. The molecule has 1 heterocycles. The minimum Gasteiger partial charge on any atom is -0.376 e. The largest absolute Gasteiger partial charge is 0.469 e. The topological polar surface area (TPSA) is 224 Å². The average molecular weight is 695 g/mol. The van der Waals surface area contributed by atoms with Crippen molar-refractivity contribution in [1.29, 1.82) is 0 Å². The van der Waals surface area contributed by atoms with Crippen molar-refractivity contribution in [2.45, 2.75) is 111 Å². The molecule has 0 aliphatic rings. The van der Waals surface area contributed by atoms with Crippen molar-refractivity contribution in [3.63, 3.8) is 0 Å². The second-order valence-electron chi connectivity index (χ2n) is 13.9. The Balaban J connectivity index is 2.35. The predicted octanol–water partition coefficient (Wildman–Crippen LogP) is 1.90. The number of amides is 4. The maximum atomic E-state index is 13.8. The van der Waals surface area contributed by atoms with Gasteiger partial charge in [0.15, 0.2) is 0 Å². The molecular weight excluding hydrogens is 643 g/mol. The number of nitrogens with one attached hydrogen (secondary N) is 3. The molecule has 0 aliphatic carbocycles. The van der Waals surface area contributed by atoms with E-state index in [0.29, 0.717) is 18.7 Å². The molecule has 4 unspecified atom stereocenters. The van der Waals surface area contributed by atoms with E-state index in [1.54, 1.807) is 26.4 Å². The van der Waals surface area contributed by atoms with Crippen LogP contribution >= 0.6 is 7.82 Å². The normalized spacial score (nSPS) is 15.1. The zero-order chi connectivity index (χ0) is 36.7. The Morgan fingerprint density at radius 2 is 1.56 bits per heavy atom. The van der Waals surface area contributed by atoms with E-state index in [4.69, 9.17) is 20.3 Å². The van der Waals surface area contributed by atoms with Crippen molar-refractivity contribution >= 4 is 31.5 Å². The number of hydrogen-bond donors (Lipinski definition) is 6. The van der Waals surface area contributed by atoms with Gasteiger partial charge in [-0.2, -0.15) is 0 Å². The van der Waals surface area contributed by atoms with Gasteiger partial charge in [0.25, 0.3) is 0 Å². The fourth-order valence-corrected chi connectivity index (χ4v) is 5.37. The van der Waals surface area contributed by atoms with Crippen LogP contribution in [0.5, 0.6) is 0 Å². The Kier molecular flexibility index (Phi) is 13.7. The first-order valence-electron chi connectivity index (χ1n) is 15.6. The number of phosphoric acid groups is 1. The number of ether oxygens (including phenoxy) is 1. The number of phosphoric ester groups is 1. The van der Waals surface area contributed by atoms with Crippen LogP contribution in [0.25, 0.3) is 0 Å². The van der Waals surface area contributed by atoms with Crippen LogP contribution in [0.15, 0.2) is 42.9 Å². The number of hydrogen-bond acceptors (Lipinski definition) is 8. The molecule has 0 saturated heterocycles. The molecule has 2 aromatic rings. The van der Waals surface area contributed by atoms with Crippen LogP contribution in [0.2, 0.25) is 0 Å². The van der Waals surface area contributed by atoms with E-state index in [0.717, 1.165) is 12.5 Å². The van der Waals surface area contributed by atoms with E-state index in [9.17, 15) is 23.7 Å². The molecule has 7 N–H and O–H groups in total. The highest BCUT2D eigenvalue weighted by molar-refractivity contribution is 7.46. The van der Waals surface area contributed by atoms with Crippen LogP contribution in [0.1, 0.15) is 80.0 Å². The fourth-order valence-electron chi connectivity index (χ4n) is 4.81. The number of nitrogens with two attached hydrogens (primary N) is 1. The summed E-state index contributed by atoms with van der Waals surface area (Å²) < 4.78 is 23.5. The molecule has 1 aromatic heterocycles. The van der Waals surface area contributed by atoms with Crippen molar-refractivity contribution in [3.8, 4) is 0 Å². The van der Waals surface area contributed by atoms with Gasteiger partial charge in [0.1, 0.15) is 18.1 Å². The maximum Gasteiger partial charge on any atom is 0.469 e. The summed E-state index contributed by atoms with van der Waals surface area (Å²) in [4.78, 5) is 75.0. The minimum atomic E-state index is -5.01. The van der Waals surface area contributed by atoms with Gasteiger partial charge >= 0.3 is 7.82 Å². The smallest absolute Gasteiger partial charge is 0.376 e. The van der Waals surface area contributed by atoms with Gasteiger partial charge in [0, 0.05) is 30.3 Å². The Bertz CT molecular complexity index is 1470. The van der Waals surface area contributed by atoms with Crippen molar-refractivity contribution in [2.24, 2.45) is 11.1 Å². The second-order valence-corrected chi connectivity index (χ2v) is 15.1. The van der Waals surface area contributed by atoms with E-state index >= 15 is 0 Å². The SMILES string of the molecule is CC(NC(=O)C(Cc1cncn1C(C)(C)c1ccccc1)NC(=O)C(C)(C)CCOC(C)(C)C)C(=O)NC(C(N)=O)C(C)OP(=O)(O)O. The van der Waals surface area contributed by atoms with Gasteiger partial charge in [-0.25, -0.2) is 9.55 Å². The van der Waals surface area contributed by atoms with Crippen LogP contribution in [-0.4, -0.2) is 79.4 Å². The third-order valence-corrected chi connectivity index (χ3v) is 8.45. The molecule has 48 heavy (non-hydrogen) atoms. The standard InChI is InChI=1S/C32H51N6O9P/c1-20(27(40)37-25(26(33)39)21(2)47-48(43,44)45)35-28(41)24(36-29(42)31(6,7)15-16-46-30(3,4)5)17-23-18-34-19-38(23)32(8,9)22-13-11-10-12-14-22/h10-14,18-21,24-25H,15-17H2,1-9H3,(H2,33,39)(H,35,41)(H,36,42)(H,37,40)(H2,43,44,45). The Morgan fingerprint density at radius 1 is 0.958 bits per heavy atom. The van der Waals surface area contributed by atoms with Crippen LogP contribution in [-0.2, 0) is 45.0 Å². The zero-order valence-electron chi connectivity index (χ0n) is 29.1. The fraction of sp³-hybridized carbons (Fsp3) is 0.594. The molecule has 268 valence electrons. The van der Waals surface area contributed by atoms with E-state index in [1.165, 1.54) is 6.92 Å². The highest BCUT2D eigenvalue weighted by Crippen LogP contribution is 2.38. The third kappa shape index (κ3) is 12.1. The molecule has 0 spiro atoms. The summed E-state index contributed by atoms with van der Waals surface area (Å²) in [5, 5.41) is 7.68. The van der Waals surface area contributed by atoms with Crippen molar-refractivity contribution < 1.29 is 42.8 Å². The maximum absolute atomic E-state index is 13.8. The lowest BCUT2D eigenvalue weighted by atomic mass is 9.88. The highest BCUT2D eigenvalue weighted by atomic mass is 31.2. The van der Waals surface area contributed by atoms with Gasteiger partial charge in [0.05, 0.1) is 23.6 Å². The molecule has 15 nitrogen and oxygen atoms in total. The van der Waals surface area contributed by atoms with E-state index < -0.39 is 72.2 Å². The summed E-state index contributed by atoms with van der Waals surface area (Å²) in [6.07, 6.45) is 2.14. The van der Waals surface area contributed by atoms with Gasteiger partial charge in [0.2, 0.25) is 23.6 Å². The Morgan fingerprint density at radius 3 is 2.10 bits per heavy atom. The molecule has 2 rings (SSSR count). The molecule has 4 atom stereocenters. The van der Waals surface area contributed by atoms with Gasteiger partial charge in [-0.15, -0.1) is 0 Å². The number of rotatable bonds is 17. The molecule has 1 aromatic carbocycles. The highest BCUT2D eigenvalue weighted by Gasteiger charge is 2.36. The Labute approximate surface area is 282 Å². The van der Waals surface area contributed by atoms with Crippen LogP contribution in [0.3, 0.4) is 0 Å². The third-order valence-electron chi connectivity index (χ3n) is 7.84. The lowest BCUT2D eigenvalue weighted by Gasteiger charge is -2.32. The van der Waals surface area contributed by atoms with Crippen molar-refractivity contribution in [3.05, 3.63) is 54.1 Å². The van der Waals surface area contributed by atoms with Crippen molar-refractivity contribution in [2.75, 3.05) is 6.61 Å². The van der Waals surface area contributed by atoms with E-state index in [2.05, 4.69) is 25.5 Å². The first-order valence-corrected chi connectivity index (χ1v) is 17.1. The molecule has 0 bridgehead atoms. The lowest BCUT2D eigenvalue weighted by Crippen LogP contribution is -2.58. The quantitative estimate of drug-likeness (QED) is 0.132. The molecule has 16 heteroatoms. The van der Waals surface area contributed by atoms with Crippen LogP contribution < -0.4 is 21.7 Å². The average Bonchev–Trinajstić information content (AvgIpc) is 3.43. The lowest BCUT2D eigenvalue weighted by molar-refractivity contribution is -0.136. The number of nitrogens with zero attached hydrogens (tertiary/aromatic N) is 2. The molecule has 4 amide bonds. The molecule has 0 saturated carbocycles. The number of primary amides is 1. The zero-order valence-corrected chi connectivity index (χ0v) is 30.0. The van der Waals surface area contributed by atoms with Gasteiger partial charge in [-0.1, -0.05) is 44.2 Å². The van der Waals surface area contributed by atoms with Gasteiger partial charge < -0.3 is 40.8 Å². The number of imidazole rings is 1. The van der Waals surface area contributed by atoms with E-state index in [-0.39, 0.29) is 6.42 Å². The van der Waals surface area contributed by atoms with E-state index in [1.807, 2.05) is 69.5 Å². The van der Waals surface area contributed by atoms with Crippen LogP contribution in [0.4, 0.5) is 0 Å². The summed E-state index contributed by atoms with van der Waals surface area (Å²) in [5.41, 5.74) is 5.05. The summed E-state index contributed by atoms with van der Waals surface area (Å²) in [6, 6.07) is 5.65. The molecular formula is C32H51N6O9P. The summed E-state index contributed by atoms with van der Waals surface area (Å²) >= 11 is 0. The first-order chi connectivity index (χ1) is 21.9. The molecule has 0 radical (unpaired) electrons. The van der Waals surface area contributed by atoms with Gasteiger partial charge in [-0.05, 0) is 60.5 Å². The first kappa shape index (κ1) is 40.6. The van der Waals surface area contributed by atoms with Gasteiger partial charge in [-0.3, -0.25) is 23.7 Å². The summed E-state index contributed by atoms with van der Waals surface area (Å²) in [7, 11) is -5.01. The number of aromatic nitrogens is 2. The number of carbonyl (C=O) groups is 4. The minimum absolute atomic E-state index is 0.00776. The summed E-state index contributed by atoms with van der Waals surface area (Å²) in [5.74, 6) is -3.11. The predicted molar refractivity (Wildman–Crippen MR) is 178 cm³/mol. The molecule has 0 fully saturated rings. The second kappa shape index (κ2) is 16.2. The summed E-state index contributed by atoms with van der Waals surface area (Å²) in [6.45, 7) is 16.0.